The lowest BCUT2D eigenvalue weighted by Gasteiger charge is -2.18. The van der Waals surface area contributed by atoms with Gasteiger partial charge >= 0.3 is 0 Å². The first-order valence-corrected chi connectivity index (χ1v) is 14.3. The summed E-state index contributed by atoms with van der Waals surface area (Å²) in [6.45, 7) is 0. The van der Waals surface area contributed by atoms with Crippen molar-refractivity contribution in [1.82, 2.24) is 0 Å². The van der Waals surface area contributed by atoms with Crippen molar-refractivity contribution in [1.29, 1.82) is 0 Å². The van der Waals surface area contributed by atoms with Crippen molar-refractivity contribution in [2.45, 2.75) is 6.42 Å². The van der Waals surface area contributed by atoms with Crippen molar-refractivity contribution in [2.24, 2.45) is 0 Å². The highest BCUT2D eigenvalue weighted by Crippen LogP contribution is 2.44. The van der Waals surface area contributed by atoms with Gasteiger partial charge in [-0.25, -0.2) is 0 Å². The maximum atomic E-state index is 2.34. The maximum absolute atomic E-state index is 2.34. The average molecular weight is 521 g/mol. The highest BCUT2D eigenvalue weighted by molar-refractivity contribution is 6.21. The van der Waals surface area contributed by atoms with Gasteiger partial charge < -0.3 is 0 Å². The largest absolute Gasteiger partial charge is 0.0616 e. The molecule has 41 heavy (non-hydrogen) atoms. The molecule has 0 heterocycles. The van der Waals surface area contributed by atoms with Crippen molar-refractivity contribution in [3.05, 3.63) is 169 Å². The van der Waals surface area contributed by atoms with Crippen LogP contribution >= 0.6 is 0 Å². The highest BCUT2D eigenvalue weighted by Gasteiger charge is 2.16. The predicted octanol–water partition coefficient (Wildman–Crippen LogP) is 11.2. The van der Waals surface area contributed by atoms with Crippen LogP contribution in [0.4, 0.5) is 0 Å². The molecule has 0 bridgehead atoms. The van der Waals surface area contributed by atoms with E-state index in [1.54, 1.807) is 0 Å². The molecule has 8 aromatic carbocycles. The molecule has 0 aliphatic carbocycles. The molecule has 0 nitrogen and oxygen atoms in total. The van der Waals surface area contributed by atoms with Crippen molar-refractivity contribution < 1.29 is 0 Å². The fraction of sp³-hybridized carbons (Fsp3) is 0.0244. The minimum Gasteiger partial charge on any atom is -0.0616 e. The van der Waals surface area contributed by atoms with E-state index in [1.807, 2.05) is 0 Å². The summed E-state index contributed by atoms with van der Waals surface area (Å²) >= 11 is 0. The Hall–Kier alpha value is -5.20. The third-order valence-electron chi connectivity index (χ3n) is 8.43. The van der Waals surface area contributed by atoms with Crippen LogP contribution in [-0.2, 0) is 6.42 Å². The molecule has 0 fully saturated rings. The molecule has 0 N–H and O–H groups in total. The Balaban J connectivity index is 1.26. The standard InChI is InChI=1S/C41H28/c1-3-11-33-26-29(19-20-30(33)9-1)25-28-17-21-32(22-18-28)40-36-13-5-7-15-38(36)41(39-16-8-6-14-37(39)40)35-24-23-31-10-2-4-12-34(31)27-35/h1-24,26-27H,25H2. The Bertz CT molecular complexity index is 2160. The zero-order valence-electron chi connectivity index (χ0n) is 22.7. The van der Waals surface area contributed by atoms with Gasteiger partial charge in [0.05, 0.1) is 0 Å². The van der Waals surface area contributed by atoms with Gasteiger partial charge in [-0.15, -0.1) is 0 Å². The van der Waals surface area contributed by atoms with E-state index in [0.717, 1.165) is 6.42 Å². The zero-order chi connectivity index (χ0) is 27.2. The van der Waals surface area contributed by atoms with Crippen LogP contribution < -0.4 is 0 Å². The summed E-state index contributed by atoms with van der Waals surface area (Å²) in [4.78, 5) is 0. The summed E-state index contributed by atoms with van der Waals surface area (Å²) in [6.07, 6.45) is 0.924. The van der Waals surface area contributed by atoms with Gasteiger partial charge in [-0.3, -0.25) is 0 Å². The first kappa shape index (κ1) is 23.7. The second kappa shape index (κ2) is 9.77. The van der Waals surface area contributed by atoms with E-state index >= 15 is 0 Å². The molecule has 0 heteroatoms. The lowest BCUT2D eigenvalue weighted by atomic mass is 9.85. The van der Waals surface area contributed by atoms with Crippen LogP contribution in [0.15, 0.2) is 158 Å². The summed E-state index contributed by atoms with van der Waals surface area (Å²) in [5, 5.41) is 10.3. The van der Waals surface area contributed by atoms with E-state index in [-0.39, 0.29) is 0 Å². The van der Waals surface area contributed by atoms with E-state index in [2.05, 4.69) is 158 Å². The summed E-state index contributed by atoms with van der Waals surface area (Å²) < 4.78 is 0. The van der Waals surface area contributed by atoms with Crippen LogP contribution in [0.5, 0.6) is 0 Å². The molecule has 0 atom stereocenters. The fourth-order valence-corrected chi connectivity index (χ4v) is 6.47. The van der Waals surface area contributed by atoms with Gasteiger partial charge in [0.1, 0.15) is 0 Å². The normalized spacial score (nSPS) is 11.5. The van der Waals surface area contributed by atoms with Crippen LogP contribution in [0, 0.1) is 0 Å². The molecule has 8 aromatic rings. The smallest absolute Gasteiger partial charge is 0.00255 e. The molecule has 192 valence electrons. The van der Waals surface area contributed by atoms with Crippen molar-refractivity contribution in [3.63, 3.8) is 0 Å². The molecular formula is C41H28. The lowest BCUT2D eigenvalue weighted by Crippen LogP contribution is -1.92. The number of benzene rings is 8. The SMILES string of the molecule is c1ccc2cc(Cc3ccc(-c4c5ccccc5c(-c5ccc6ccccc6c5)c5ccccc45)cc3)ccc2c1. The Morgan fingerprint density at radius 2 is 0.707 bits per heavy atom. The highest BCUT2D eigenvalue weighted by atomic mass is 14.2. The van der Waals surface area contributed by atoms with Gasteiger partial charge in [-0.1, -0.05) is 152 Å². The van der Waals surface area contributed by atoms with Crippen molar-refractivity contribution in [2.75, 3.05) is 0 Å². The quantitative estimate of drug-likeness (QED) is 0.202. The third-order valence-corrected chi connectivity index (χ3v) is 8.43. The molecule has 0 radical (unpaired) electrons. The Kier molecular flexibility index (Phi) is 5.64. The molecule has 0 aromatic heterocycles. The van der Waals surface area contributed by atoms with Gasteiger partial charge in [0, 0.05) is 0 Å². The molecule has 0 spiro atoms. The Labute approximate surface area is 240 Å². The van der Waals surface area contributed by atoms with E-state index in [9.17, 15) is 0 Å². The first-order chi connectivity index (χ1) is 20.3. The van der Waals surface area contributed by atoms with Crippen molar-refractivity contribution in [3.8, 4) is 22.3 Å². The molecule has 0 aliphatic heterocycles. The topological polar surface area (TPSA) is 0 Å². The number of fused-ring (bicyclic) bond motifs is 4. The van der Waals surface area contributed by atoms with E-state index in [0.29, 0.717) is 0 Å². The van der Waals surface area contributed by atoms with Gasteiger partial charge in [0.15, 0.2) is 0 Å². The molecule has 8 rings (SSSR count). The second-order valence-corrected chi connectivity index (χ2v) is 11.0. The minimum absolute atomic E-state index is 0.924. The molecule has 0 aliphatic rings. The van der Waals surface area contributed by atoms with Crippen molar-refractivity contribution >= 4 is 43.1 Å². The average Bonchev–Trinajstić information content (AvgIpc) is 3.04. The van der Waals surface area contributed by atoms with Crippen LogP contribution in [0.2, 0.25) is 0 Å². The number of hydrogen-bond donors (Lipinski definition) is 0. The van der Waals surface area contributed by atoms with E-state index in [4.69, 9.17) is 0 Å². The minimum atomic E-state index is 0.924. The fourth-order valence-electron chi connectivity index (χ4n) is 6.47. The lowest BCUT2D eigenvalue weighted by molar-refractivity contribution is 1.20. The van der Waals surface area contributed by atoms with E-state index < -0.39 is 0 Å². The van der Waals surface area contributed by atoms with Crippen LogP contribution in [0.25, 0.3) is 65.3 Å². The van der Waals surface area contributed by atoms with Gasteiger partial charge in [0.2, 0.25) is 0 Å². The zero-order valence-corrected chi connectivity index (χ0v) is 22.7. The molecule has 0 saturated heterocycles. The van der Waals surface area contributed by atoms with Gasteiger partial charge in [-0.05, 0) is 89.0 Å². The van der Waals surface area contributed by atoms with E-state index in [1.165, 1.54) is 76.5 Å². The van der Waals surface area contributed by atoms with Gasteiger partial charge in [-0.2, -0.15) is 0 Å². The van der Waals surface area contributed by atoms with Gasteiger partial charge in [0.25, 0.3) is 0 Å². The van der Waals surface area contributed by atoms with Crippen LogP contribution in [-0.4, -0.2) is 0 Å². The second-order valence-electron chi connectivity index (χ2n) is 11.0. The Morgan fingerprint density at radius 3 is 1.29 bits per heavy atom. The number of rotatable bonds is 4. The summed E-state index contributed by atoms with van der Waals surface area (Å²) in [5.41, 5.74) is 7.78. The third kappa shape index (κ3) is 4.17. The summed E-state index contributed by atoms with van der Waals surface area (Å²) in [5.74, 6) is 0. The molecule has 0 saturated carbocycles. The van der Waals surface area contributed by atoms with Crippen LogP contribution in [0.1, 0.15) is 11.1 Å². The predicted molar refractivity (Wildman–Crippen MR) is 177 cm³/mol. The monoisotopic (exact) mass is 520 g/mol. The molecular weight excluding hydrogens is 492 g/mol. The molecule has 0 amide bonds. The maximum Gasteiger partial charge on any atom is -0.00255 e. The first-order valence-electron chi connectivity index (χ1n) is 14.3. The summed E-state index contributed by atoms with van der Waals surface area (Å²) in [7, 11) is 0. The van der Waals surface area contributed by atoms with Crippen LogP contribution in [0.3, 0.4) is 0 Å². The number of hydrogen-bond acceptors (Lipinski definition) is 0. The molecule has 0 unspecified atom stereocenters. The summed E-state index contributed by atoms with van der Waals surface area (Å²) in [6, 6.07) is 57.8. The Morgan fingerprint density at radius 1 is 0.293 bits per heavy atom.